The van der Waals surface area contributed by atoms with Crippen LogP contribution in [-0.4, -0.2) is 23.7 Å². The zero-order valence-corrected chi connectivity index (χ0v) is 14.3. The first-order chi connectivity index (χ1) is 9.35. The molecule has 2 rings (SSSR count). The van der Waals surface area contributed by atoms with E-state index in [9.17, 15) is 0 Å². The van der Waals surface area contributed by atoms with Crippen molar-refractivity contribution in [3.05, 3.63) is 35.4 Å². The Bertz CT molecular complexity index is 494. The van der Waals surface area contributed by atoms with Crippen molar-refractivity contribution in [3.8, 4) is 0 Å². The number of benzene rings is 1. The molecule has 0 aliphatic carbocycles. The Labute approximate surface area is 126 Å². The lowest BCUT2D eigenvalue weighted by atomic mass is 9.93. The second-order valence-corrected chi connectivity index (χ2v) is 8.53. The monoisotopic (exact) mass is 292 g/mol. The minimum absolute atomic E-state index is 0.268. The van der Waals surface area contributed by atoms with Gasteiger partial charge in [0.2, 0.25) is 0 Å². The molecule has 2 atom stereocenters. The van der Waals surface area contributed by atoms with Crippen LogP contribution in [0.5, 0.6) is 0 Å². The normalized spacial score (nSPS) is 26.9. The maximum absolute atomic E-state index is 8.68. The van der Waals surface area contributed by atoms with Gasteiger partial charge in [0.1, 0.15) is 0 Å². The first-order valence-electron chi connectivity index (χ1n) is 7.59. The predicted octanol–water partition coefficient (Wildman–Crippen LogP) is 4.55. The molecule has 1 N–H and O–H groups in total. The van der Waals surface area contributed by atoms with Crippen molar-refractivity contribution in [1.82, 2.24) is 4.90 Å². The summed E-state index contributed by atoms with van der Waals surface area (Å²) < 4.78 is 8.68. The molecule has 1 heterocycles. The van der Waals surface area contributed by atoms with Crippen LogP contribution in [0.25, 0.3) is 0 Å². The first kappa shape index (κ1) is 15.7. The number of nitrogens with one attached hydrogen (secondary N) is 1. The molecule has 1 fully saturated rings. The highest BCUT2D eigenvalue weighted by atomic mass is 32.2. The van der Waals surface area contributed by atoms with Crippen LogP contribution in [0.15, 0.2) is 24.3 Å². The average Bonchev–Trinajstić information content (AvgIpc) is 2.36. The molecule has 0 aromatic heterocycles. The van der Waals surface area contributed by atoms with E-state index in [4.69, 9.17) is 4.78 Å². The Kier molecular flexibility index (Phi) is 4.70. The van der Waals surface area contributed by atoms with Crippen LogP contribution in [0, 0.1) is 10.2 Å². The molecule has 1 aromatic rings. The molecule has 2 nitrogen and oxygen atoms in total. The van der Waals surface area contributed by atoms with E-state index in [0.29, 0.717) is 5.92 Å². The maximum atomic E-state index is 8.68. The van der Waals surface area contributed by atoms with Gasteiger partial charge in [-0.3, -0.25) is 9.68 Å². The lowest BCUT2D eigenvalue weighted by Crippen LogP contribution is -2.47. The van der Waals surface area contributed by atoms with Crippen LogP contribution in [0.3, 0.4) is 0 Å². The zero-order chi connectivity index (χ0) is 14.9. The van der Waals surface area contributed by atoms with Gasteiger partial charge >= 0.3 is 0 Å². The Morgan fingerprint density at radius 2 is 2.00 bits per heavy atom. The minimum atomic E-state index is -0.329. The molecular formula is C17H28N2S. The van der Waals surface area contributed by atoms with Crippen molar-refractivity contribution < 1.29 is 0 Å². The summed E-state index contributed by atoms with van der Waals surface area (Å²) in [6.07, 6.45) is 0. The van der Waals surface area contributed by atoms with Gasteiger partial charge in [0.05, 0.1) is 5.37 Å². The summed E-state index contributed by atoms with van der Waals surface area (Å²) in [5.74, 6) is 1.54. The molecule has 1 aliphatic heterocycles. The summed E-state index contributed by atoms with van der Waals surface area (Å²) in [4.78, 5) is 2.51. The van der Waals surface area contributed by atoms with Crippen LogP contribution < -0.4 is 0 Å². The molecule has 2 unspecified atom stereocenters. The van der Waals surface area contributed by atoms with E-state index < -0.39 is 0 Å². The molecule has 0 radical (unpaired) electrons. The average molecular weight is 292 g/mol. The molecule has 3 heteroatoms. The molecule has 0 spiro atoms. The van der Waals surface area contributed by atoms with Gasteiger partial charge in [0, 0.05) is 12.3 Å². The van der Waals surface area contributed by atoms with Gasteiger partial charge in [-0.05, 0) is 29.0 Å². The maximum Gasteiger partial charge on any atom is 0.0921 e. The van der Waals surface area contributed by atoms with Gasteiger partial charge in [0.15, 0.2) is 0 Å². The van der Waals surface area contributed by atoms with Crippen molar-refractivity contribution in [3.63, 3.8) is 0 Å². The highest BCUT2D eigenvalue weighted by Gasteiger charge is 2.37. The van der Waals surface area contributed by atoms with Crippen LogP contribution in [0.1, 0.15) is 57.0 Å². The first-order valence-corrected chi connectivity index (χ1v) is 9.05. The Balaban J connectivity index is 2.43. The van der Waals surface area contributed by atoms with E-state index in [1.807, 2.05) is 0 Å². The van der Waals surface area contributed by atoms with E-state index in [0.717, 1.165) is 18.8 Å². The van der Waals surface area contributed by atoms with Gasteiger partial charge in [-0.15, -0.1) is 0 Å². The smallest absolute Gasteiger partial charge is 0.0921 e. The van der Waals surface area contributed by atoms with Crippen LogP contribution in [0.2, 0.25) is 0 Å². The van der Waals surface area contributed by atoms with E-state index >= 15 is 0 Å². The molecular weight excluding hydrogens is 264 g/mol. The molecule has 0 bridgehead atoms. The number of rotatable bonds is 3. The summed E-state index contributed by atoms with van der Waals surface area (Å²) in [7, 11) is -0.329. The molecule has 0 saturated carbocycles. The van der Waals surface area contributed by atoms with Crippen molar-refractivity contribution in [2.45, 2.75) is 45.9 Å². The van der Waals surface area contributed by atoms with Crippen molar-refractivity contribution in [2.24, 2.45) is 5.41 Å². The number of hydrogen-bond donors (Lipinski definition) is 1. The van der Waals surface area contributed by atoms with Gasteiger partial charge in [-0.25, -0.2) is 0 Å². The van der Waals surface area contributed by atoms with Crippen molar-refractivity contribution in [2.75, 3.05) is 18.8 Å². The third kappa shape index (κ3) is 3.15. The topological polar surface area (TPSA) is 27.1 Å². The largest absolute Gasteiger partial charge is 0.287 e. The lowest BCUT2D eigenvalue weighted by Gasteiger charge is -2.45. The molecule has 1 aliphatic rings. The van der Waals surface area contributed by atoms with Crippen LogP contribution in [0.4, 0.5) is 0 Å². The Morgan fingerprint density at radius 3 is 2.60 bits per heavy atom. The third-order valence-corrected chi connectivity index (χ3v) is 6.25. The SMILES string of the molecule is CCN1CC(C)(C)CS(=N)C1c1ccccc1C(C)C. The molecule has 0 amide bonds. The molecule has 1 saturated heterocycles. The van der Waals surface area contributed by atoms with E-state index in [1.165, 1.54) is 11.1 Å². The second kappa shape index (κ2) is 5.98. The molecule has 20 heavy (non-hydrogen) atoms. The summed E-state index contributed by atoms with van der Waals surface area (Å²) in [6, 6.07) is 8.75. The molecule has 112 valence electrons. The lowest BCUT2D eigenvalue weighted by molar-refractivity contribution is 0.173. The number of hydrogen-bond acceptors (Lipinski definition) is 2. The predicted molar refractivity (Wildman–Crippen MR) is 89.3 cm³/mol. The minimum Gasteiger partial charge on any atom is -0.287 e. The summed E-state index contributed by atoms with van der Waals surface area (Å²) in [6.45, 7) is 13.5. The van der Waals surface area contributed by atoms with Gasteiger partial charge < -0.3 is 0 Å². The molecule has 1 aromatic carbocycles. The number of nitrogens with zero attached hydrogens (tertiary/aromatic N) is 1. The van der Waals surface area contributed by atoms with E-state index in [2.05, 4.69) is 63.8 Å². The van der Waals surface area contributed by atoms with Crippen molar-refractivity contribution in [1.29, 1.82) is 4.78 Å². The summed E-state index contributed by atoms with van der Waals surface area (Å²) in [5, 5.41) is 0.284. The highest BCUT2D eigenvalue weighted by molar-refractivity contribution is 7.86. The van der Waals surface area contributed by atoms with Gasteiger partial charge in [-0.1, -0.05) is 69.6 Å². The van der Waals surface area contributed by atoms with E-state index in [-0.39, 0.29) is 21.5 Å². The van der Waals surface area contributed by atoms with Crippen molar-refractivity contribution >= 4 is 10.7 Å². The van der Waals surface area contributed by atoms with Crippen LogP contribution in [-0.2, 0) is 10.7 Å². The summed E-state index contributed by atoms with van der Waals surface area (Å²) >= 11 is 0. The Hall–Kier alpha value is -0.670. The zero-order valence-electron chi connectivity index (χ0n) is 13.4. The van der Waals surface area contributed by atoms with Gasteiger partial charge in [-0.2, -0.15) is 0 Å². The van der Waals surface area contributed by atoms with Crippen LogP contribution >= 0.6 is 0 Å². The summed E-state index contributed by atoms with van der Waals surface area (Å²) in [5.41, 5.74) is 3.07. The highest BCUT2D eigenvalue weighted by Crippen LogP contribution is 2.39. The fraction of sp³-hybridized carbons (Fsp3) is 0.647. The Morgan fingerprint density at radius 1 is 1.35 bits per heavy atom. The van der Waals surface area contributed by atoms with E-state index in [1.54, 1.807) is 0 Å². The quantitative estimate of drug-likeness (QED) is 0.869. The third-order valence-electron chi connectivity index (χ3n) is 4.07. The standard InChI is InChI=1S/C17H28N2S/c1-6-19-11-17(4,5)12-20(18)16(19)15-10-8-7-9-14(15)13(2)3/h7-10,13,16,18H,6,11-12H2,1-5H3. The second-order valence-electron chi connectivity index (χ2n) is 6.94. The fourth-order valence-electron chi connectivity index (χ4n) is 3.25. The van der Waals surface area contributed by atoms with Gasteiger partial charge in [0.25, 0.3) is 0 Å². The fourth-order valence-corrected chi connectivity index (χ4v) is 5.44.